The van der Waals surface area contributed by atoms with Crippen LogP contribution in [0.15, 0.2) is 243 Å². The minimum absolute atomic E-state index is 0.425. The molecule has 13 aromatic rings. The van der Waals surface area contributed by atoms with Gasteiger partial charge in [0, 0.05) is 32.9 Å². The van der Waals surface area contributed by atoms with Gasteiger partial charge in [-0.25, -0.2) is 4.98 Å². The van der Waals surface area contributed by atoms with Crippen molar-refractivity contribution in [1.29, 1.82) is 0 Å². The van der Waals surface area contributed by atoms with Gasteiger partial charge in [-0.3, -0.25) is 4.57 Å². The van der Waals surface area contributed by atoms with Gasteiger partial charge in [-0.1, -0.05) is 170 Å². The fraction of sp³-hybridized carbons (Fsp3) is 0.0161. The zero-order valence-corrected chi connectivity index (χ0v) is 38.0. The molecule has 0 bridgehead atoms. The third-order valence-electron chi connectivity index (χ3n) is 14.3. The first-order chi connectivity index (χ1) is 33.7. The summed E-state index contributed by atoms with van der Waals surface area (Å²) in [6.45, 7) is 0.425. The van der Waals surface area contributed by atoms with E-state index in [4.69, 9.17) is 9.72 Å². The van der Waals surface area contributed by atoms with E-state index in [1.54, 1.807) is 0 Å². The molecule has 0 saturated carbocycles. The Labute approximate surface area is 394 Å². The predicted octanol–water partition coefficient (Wildman–Crippen LogP) is 12.2. The van der Waals surface area contributed by atoms with Crippen molar-refractivity contribution in [3.8, 4) is 33.9 Å². The van der Waals surface area contributed by atoms with E-state index in [9.17, 15) is 0 Å². The van der Waals surface area contributed by atoms with Crippen molar-refractivity contribution in [3.05, 3.63) is 248 Å². The average molecular weight is 887 g/mol. The summed E-state index contributed by atoms with van der Waals surface area (Å²) in [5.41, 5.74) is 12.4. The summed E-state index contributed by atoms with van der Waals surface area (Å²) in [7, 11) is -3.00. The molecule has 68 heavy (non-hydrogen) atoms. The highest BCUT2D eigenvalue weighted by Crippen LogP contribution is 2.39. The van der Waals surface area contributed by atoms with E-state index < -0.39 is 8.07 Å². The van der Waals surface area contributed by atoms with E-state index in [0.29, 0.717) is 6.61 Å². The highest BCUT2D eigenvalue weighted by Gasteiger charge is 2.42. The number of hydrogen-bond donors (Lipinski definition) is 0. The van der Waals surface area contributed by atoms with Gasteiger partial charge in [-0.2, -0.15) is 0 Å². The van der Waals surface area contributed by atoms with Gasteiger partial charge < -0.3 is 13.9 Å². The van der Waals surface area contributed by atoms with Crippen molar-refractivity contribution in [2.24, 2.45) is 0 Å². The number of rotatable bonds is 7. The van der Waals surface area contributed by atoms with Gasteiger partial charge in [0.15, 0.2) is 13.9 Å². The van der Waals surface area contributed by atoms with Crippen LogP contribution in [0.2, 0.25) is 0 Å². The topological polar surface area (TPSA) is 36.9 Å². The number of ether oxygens (including phenoxy) is 1. The first kappa shape index (κ1) is 38.5. The van der Waals surface area contributed by atoms with Crippen molar-refractivity contribution in [3.63, 3.8) is 0 Å². The molecule has 6 heteroatoms. The maximum atomic E-state index is 6.44. The van der Waals surface area contributed by atoms with Crippen molar-refractivity contribution in [2.45, 2.75) is 6.61 Å². The predicted molar refractivity (Wildman–Crippen MR) is 283 cm³/mol. The van der Waals surface area contributed by atoms with Crippen molar-refractivity contribution in [2.75, 3.05) is 0 Å². The lowest BCUT2D eigenvalue weighted by atomic mass is 10.0. The summed E-state index contributed by atoms with van der Waals surface area (Å²) in [6.07, 6.45) is 0. The first-order valence-electron chi connectivity index (χ1n) is 23.3. The van der Waals surface area contributed by atoms with E-state index in [1.807, 2.05) is 6.07 Å². The Kier molecular flexibility index (Phi) is 8.60. The number of para-hydroxylation sites is 5. The molecule has 0 N–H and O–H groups in total. The zero-order valence-electron chi connectivity index (χ0n) is 37.0. The van der Waals surface area contributed by atoms with Crippen molar-refractivity contribution >= 4 is 83.5 Å². The van der Waals surface area contributed by atoms with E-state index >= 15 is 0 Å². The van der Waals surface area contributed by atoms with Crippen LogP contribution in [-0.2, 0) is 6.61 Å². The highest BCUT2D eigenvalue weighted by molar-refractivity contribution is 7.20. The van der Waals surface area contributed by atoms with Gasteiger partial charge in [0.25, 0.3) is 0 Å². The van der Waals surface area contributed by atoms with Crippen LogP contribution >= 0.6 is 0 Å². The normalized spacial score (nSPS) is 12.5. The van der Waals surface area contributed by atoms with Gasteiger partial charge in [0.2, 0.25) is 0 Å². The molecule has 1 aliphatic rings. The SMILES string of the molecule is c1ccc([Si](c2ccccc2)(c2cccc(-c3ccc4c(c3)OCc3nc5ccccc5n3-4)c2)c2cccc(-n3c4ccccc4c4cc(-n5c6ccccc6c6ccccc65)ccc43)c2)cc1. The minimum atomic E-state index is -3.00. The second kappa shape index (κ2) is 15.2. The molecule has 0 aliphatic carbocycles. The van der Waals surface area contributed by atoms with Gasteiger partial charge >= 0.3 is 0 Å². The van der Waals surface area contributed by atoms with Crippen LogP contribution in [0, 0.1) is 0 Å². The Morgan fingerprint density at radius 2 is 0.868 bits per heavy atom. The Balaban J connectivity index is 0.955. The summed E-state index contributed by atoms with van der Waals surface area (Å²) >= 11 is 0. The highest BCUT2D eigenvalue weighted by atomic mass is 28.3. The largest absolute Gasteiger partial charge is 0.483 e. The van der Waals surface area contributed by atoms with Crippen molar-refractivity contribution in [1.82, 2.24) is 18.7 Å². The molecular formula is C62H42N4OSi. The van der Waals surface area contributed by atoms with Crippen LogP contribution in [0.5, 0.6) is 5.75 Å². The maximum Gasteiger partial charge on any atom is 0.179 e. The molecule has 0 spiro atoms. The van der Waals surface area contributed by atoms with Crippen LogP contribution < -0.4 is 25.5 Å². The molecule has 0 atom stereocenters. The zero-order chi connectivity index (χ0) is 44.8. The van der Waals surface area contributed by atoms with Gasteiger partial charge in [0.1, 0.15) is 12.4 Å². The van der Waals surface area contributed by atoms with E-state index in [2.05, 4.69) is 250 Å². The lowest BCUT2D eigenvalue weighted by molar-refractivity contribution is 0.281. The second-order valence-electron chi connectivity index (χ2n) is 17.9. The van der Waals surface area contributed by atoms with E-state index in [0.717, 1.165) is 50.8 Å². The second-order valence-corrected chi connectivity index (χ2v) is 21.7. The molecule has 0 fully saturated rings. The summed E-state index contributed by atoms with van der Waals surface area (Å²) in [4.78, 5) is 4.88. The van der Waals surface area contributed by atoms with Crippen LogP contribution in [0.25, 0.3) is 82.8 Å². The molecule has 3 aromatic heterocycles. The van der Waals surface area contributed by atoms with Crippen LogP contribution in [-0.4, -0.2) is 26.8 Å². The summed E-state index contributed by atoms with van der Waals surface area (Å²) in [5, 5.41) is 10.2. The molecule has 0 amide bonds. The average Bonchev–Trinajstić information content (AvgIpc) is 4.07. The molecule has 1 aliphatic heterocycles. The number of nitrogens with zero attached hydrogens (tertiary/aromatic N) is 4. The van der Waals surface area contributed by atoms with E-state index in [-0.39, 0.29) is 0 Å². The number of imidazole rings is 1. The summed E-state index contributed by atoms with van der Waals surface area (Å²) in [5.74, 6) is 1.78. The Bertz CT molecular complexity index is 4020. The van der Waals surface area contributed by atoms with Crippen LogP contribution in [0.3, 0.4) is 0 Å². The van der Waals surface area contributed by atoms with Crippen molar-refractivity contribution < 1.29 is 4.74 Å². The quantitative estimate of drug-likeness (QED) is 0.118. The molecular weight excluding hydrogens is 845 g/mol. The number of fused-ring (bicyclic) bond motifs is 11. The Hall–Kier alpha value is -8.71. The third kappa shape index (κ3) is 5.71. The summed E-state index contributed by atoms with van der Waals surface area (Å²) in [6, 6.07) is 89.4. The van der Waals surface area contributed by atoms with Crippen LogP contribution in [0.4, 0.5) is 0 Å². The first-order valence-corrected chi connectivity index (χ1v) is 25.3. The molecule has 4 heterocycles. The van der Waals surface area contributed by atoms with Crippen LogP contribution in [0.1, 0.15) is 5.82 Å². The van der Waals surface area contributed by atoms with Gasteiger partial charge in [0.05, 0.1) is 38.8 Å². The fourth-order valence-corrected chi connectivity index (χ4v) is 16.2. The maximum absolute atomic E-state index is 6.44. The monoisotopic (exact) mass is 886 g/mol. The molecule has 0 radical (unpaired) electrons. The fourth-order valence-electron chi connectivity index (χ4n) is 11.3. The standard InChI is InChI=1S/C62H42N4OSi/c1-3-19-46(20-4-1)68(47-21-5-2-6-22-47,48-23-15-17-42(37-48)43-33-35-60-61(38-43)67-41-62-63-54-28-10-14-32-59(54)66(60)62)49-24-16-18-44(39-49)64-57-31-13-9-27-52(57)53-40-45(34-36-58(53)64)65-55-29-11-7-25-50(55)51-26-8-12-30-56(51)65/h1-40H,41H2. The molecule has 320 valence electrons. The molecule has 14 rings (SSSR count). The summed E-state index contributed by atoms with van der Waals surface area (Å²) < 4.78 is 13.6. The van der Waals surface area contributed by atoms with E-state index in [1.165, 1.54) is 64.4 Å². The van der Waals surface area contributed by atoms with Gasteiger partial charge in [-0.15, -0.1) is 0 Å². The lowest BCUT2D eigenvalue weighted by Gasteiger charge is -2.35. The molecule has 10 aromatic carbocycles. The lowest BCUT2D eigenvalue weighted by Crippen LogP contribution is -2.74. The number of hydrogen-bond acceptors (Lipinski definition) is 2. The molecule has 0 saturated heterocycles. The Morgan fingerprint density at radius 1 is 0.353 bits per heavy atom. The molecule has 0 unspecified atom stereocenters. The molecule has 5 nitrogen and oxygen atoms in total. The minimum Gasteiger partial charge on any atom is -0.483 e. The third-order valence-corrected chi connectivity index (χ3v) is 19.0. The Morgan fingerprint density at radius 3 is 1.54 bits per heavy atom. The smallest absolute Gasteiger partial charge is 0.179 e. The van der Waals surface area contributed by atoms with Gasteiger partial charge in [-0.05, 0) is 105 Å². The number of aromatic nitrogens is 4. The number of benzene rings is 10.